The van der Waals surface area contributed by atoms with Crippen LogP contribution in [0.4, 0.5) is 0 Å². The third kappa shape index (κ3) is 1.45. The summed E-state index contributed by atoms with van der Waals surface area (Å²) in [6, 6.07) is 0. The number of hydrogen-bond acceptors (Lipinski definition) is 3. The minimum atomic E-state index is 0.112. The van der Waals surface area contributed by atoms with Crippen molar-refractivity contribution in [2.24, 2.45) is 5.92 Å². The number of hydrogen-bond donors (Lipinski definition) is 1. The van der Waals surface area contributed by atoms with E-state index in [1.165, 1.54) is 19.0 Å². The molecule has 0 bridgehead atoms. The number of nitrogens with zero attached hydrogens (tertiary/aromatic N) is 2. The average molecular weight is 151 g/mol. The van der Waals surface area contributed by atoms with Crippen LogP contribution in [0.5, 0.6) is 0 Å². The quantitative estimate of drug-likeness (QED) is 0.649. The Hall–Kier alpha value is -1.19. The van der Waals surface area contributed by atoms with Gasteiger partial charge in [-0.15, -0.1) is 0 Å². The molecule has 0 saturated heterocycles. The normalized spacial score (nSPS) is 16.7. The summed E-state index contributed by atoms with van der Waals surface area (Å²) >= 11 is 0. The molecule has 0 aliphatic heterocycles. The second-order valence-corrected chi connectivity index (χ2v) is 2.93. The van der Waals surface area contributed by atoms with Gasteiger partial charge in [-0.05, 0) is 18.8 Å². The van der Waals surface area contributed by atoms with Crippen molar-refractivity contribution in [1.82, 2.24) is 15.4 Å². The van der Waals surface area contributed by atoms with Crippen molar-refractivity contribution in [2.75, 3.05) is 0 Å². The first-order valence-electron chi connectivity index (χ1n) is 3.75. The van der Waals surface area contributed by atoms with Gasteiger partial charge in [0.05, 0.1) is 6.20 Å². The summed E-state index contributed by atoms with van der Waals surface area (Å²) < 4.78 is 0. The van der Waals surface area contributed by atoms with Gasteiger partial charge in [0.25, 0.3) is 0 Å². The molecule has 1 heterocycles. The number of aromatic amines is 1. The van der Waals surface area contributed by atoms with Crippen molar-refractivity contribution in [3.8, 4) is 0 Å². The average Bonchev–Trinajstić information content (AvgIpc) is 2.67. The Morgan fingerprint density at radius 2 is 2.55 bits per heavy atom. The van der Waals surface area contributed by atoms with Crippen LogP contribution in [0.15, 0.2) is 6.20 Å². The van der Waals surface area contributed by atoms with Crippen LogP contribution >= 0.6 is 0 Å². The van der Waals surface area contributed by atoms with Crippen LogP contribution in [0.1, 0.15) is 29.8 Å². The predicted molar refractivity (Wildman–Crippen MR) is 38.1 cm³/mol. The summed E-state index contributed by atoms with van der Waals surface area (Å²) in [6.45, 7) is 0. The summed E-state index contributed by atoms with van der Waals surface area (Å²) in [7, 11) is 0. The van der Waals surface area contributed by atoms with Crippen LogP contribution in [-0.2, 0) is 0 Å². The molecule has 1 fully saturated rings. The van der Waals surface area contributed by atoms with Crippen LogP contribution in [-0.4, -0.2) is 21.2 Å². The third-order valence-corrected chi connectivity index (χ3v) is 1.87. The number of Topliss-reactive ketones (excluding diaryl/α,β-unsaturated/α-hetero) is 1. The van der Waals surface area contributed by atoms with Crippen LogP contribution in [0.25, 0.3) is 0 Å². The molecule has 1 aromatic heterocycles. The van der Waals surface area contributed by atoms with E-state index in [4.69, 9.17) is 0 Å². The predicted octanol–water partition coefficient (Wildman–Crippen LogP) is 0.787. The lowest BCUT2D eigenvalue weighted by atomic mass is 10.2. The highest BCUT2D eigenvalue weighted by Crippen LogP contribution is 2.33. The van der Waals surface area contributed by atoms with E-state index in [0.717, 1.165) is 0 Å². The minimum Gasteiger partial charge on any atom is -0.292 e. The van der Waals surface area contributed by atoms with Crippen molar-refractivity contribution in [1.29, 1.82) is 0 Å². The summed E-state index contributed by atoms with van der Waals surface area (Å²) in [5, 5.41) is 9.71. The number of rotatable bonds is 3. The number of ketones is 1. The number of aromatic nitrogens is 3. The van der Waals surface area contributed by atoms with E-state index in [-0.39, 0.29) is 5.78 Å². The van der Waals surface area contributed by atoms with Crippen LogP contribution < -0.4 is 0 Å². The lowest BCUT2D eigenvalue weighted by Gasteiger charge is -1.90. The van der Waals surface area contributed by atoms with Crippen molar-refractivity contribution in [3.05, 3.63) is 11.9 Å². The molecular weight excluding hydrogens is 142 g/mol. The molecule has 4 heteroatoms. The zero-order valence-electron chi connectivity index (χ0n) is 6.08. The molecular formula is C7H9N3O. The molecule has 4 nitrogen and oxygen atoms in total. The van der Waals surface area contributed by atoms with Crippen LogP contribution in [0, 0.1) is 5.92 Å². The monoisotopic (exact) mass is 151 g/mol. The summed E-state index contributed by atoms with van der Waals surface area (Å²) in [6.07, 6.45) is 4.52. The Balaban J connectivity index is 1.99. The maximum absolute atomic E-state index is 11.2. The second kappa shape index (κ2) is 2.45. The summed E-state index contributed by atoms with van der Waals surface area (Å²) in [5.74, 6) is 0.737. The van der Waals surface area contributed by atoms with Crippen molar-refractivity contribution in [3.63, 3.8) is 0 Å². The summed E-state index contributed by atoms with van der Waals surface area (Å²) in [4.78, 5) is 11.2. The molecule has 1 saturated carbocycles. The minimum absolute atomic E-state index is 0.112. The van der Waals surface area contributed by atoms with E-state index in [0.29, 0.717) is 18.0 Å². The largest absolute Gasteiger partial charge is 0.292 e. The molecule has 0 atom stereocenters. The Kier molecular flexibility index (Phi) is 1.45. The standard InChI is InChI=1S/C7H9N3O/c11-7(3-5-1-2-5)6-4-8-10-9-6/h4-5H,1-3H2,(H,8,9,10). The van der Waals surface area contributed by atoms with E-state index >= 15 is 0 Å². The van der Waals surface area contributed by atoms with Crippen molar-refractivity contribution in [2.45, 2.75) is 19.3 Å². The highest BCUT2D eigenvalue weighted by atomic mass is 16.1. The van der Waals surface area contributed by atoms with Crippen LogP contribution in [0.2, 0.25) is 0 Å². The molecule has 0 aromatic carbocycles. The third-order valence-electron chi connectivity index (χ3n) is 1.87. The first-order chi connectivity index (χ1) is 5.36. The molecule has 0 unspecified atom stereocenters. The van der Waals surface area contributed by atoms with Gasteiger partial charge in [0.1, 0.15) is 5.69 Å². The second-order valence-electron chi connectivity index (χ2n) is 2.93. The highest BCUT2D eigenvalue weighted by molar-refractivity contribution is 5.94. The fourth-order valence-corrected chi connectivity index (χ4v) is 1.02. The zero-order valence-corrected chi connectivity index (χ0v) is 6.08. The fourth-order valence-electron chi connectivity index (χ4n) is 1.02. The Labute approximate surface area is 64.0 Å². The van der Waals surface area contributed by atoms with Gasteiger partial charge in [0.2, 0.25) is 0 Å². The Bertz CT molecular complexity index is 251. The highest BCUT2D eigenvalue weighted by Gasteiger charge is 2.25. The molecule has 0 amide bonds. The fraction of sp³-hybridized carbons (Fsp3) is 0.571. The van der Waals surface area contributed by atoms with Gasteiger partial charge < -0.3 is 0 Å². The molecule has 58 valence electrons. The lowest BCUT2D eigenvalue weighted by molar-refractivity contribution is 0.0971. The van der Waals surface area contributed by atoms with Crippen molar-refractivity contribution < 1.29 is 4.79 Å². The molecule has 11 heavy (non-hydrogen) atoms. The first kappa shape index (κ1) is 6.52. The molecule has 2 rings (SSSR count). The van der Waals surface area contributed by atoms with E-state index in [2.05, 4.69) is 15.4 Å². The van der Waals surface area contributed by atoms with Crippen LogP contribution in [0.3, 0.4) is 0 Å². The van der Waals surface area contributed by atoms with E-state index in [1.807, 2.05) is 0 Å². The Morgan fingerprint density at radius 3 is 3.09 bits per heavy atom. The van der Waals surface area contributed by atoms with Gasteiger partial charge in [0.15, 0.2) is 5.78 Å². The topological polar surface area (TPSA) is 58.6 Å². The van der Waals surface area contributed by atoms with Gasteiger partial charge >= 0.3 is 0 Å². The number of carbonyl (C=O) groups excluding carboxylic acids is 1. The van der Waals surface area contributed by atoms with Gasteiger partial charge in [-0.25, -0.2) is 0 Å². The zero-order chi connectivity index (χ0) is 7.68. The van der Waals surface area contributed by atoms with E-state index in [1.54, 1.807) is 0 Å². The van der Waals surface area contributed by atoms with Gasteiger partial charge in [-0.3, -0.25) is 4.79 Å². The molecule has 1 N–H and O–H groups in total. The molecule has 1 aliphatic carbocycles. The van der Waals surface area contributed by atoms with E-state index in [9.17, 15) is 4.79 Å². The number of nitrogens with one attached hydrogen (secondary N) is 1. The first-order valence-corrected chi connectivity index (χ1v) is 3.75. The smallest absolute Gasteiger partial charge is 0.184 e. The van der Waals surface area contributed by atoms with Gasteiger partial charge in [-0.1, -0.05) is 0 Å². The summed E-state index contributed by atoms with van der Waals surface area (Å²) in [5.41, 5.74) is 0.469. The van der Waals surface area contributed by atoms with Gasteiger partial charge in [0, 0.05) is 6.42 Å². The van der Waals surface area contributed by atoms with Gasteiger partial charge in [-0.2, -0.15) is 15.4 Å². The molecule has 0 radical (unpaired) electrons. The van der Waals surface area contributed by atoms with E-state index < -0.39 is 0 Å². The number of H-pyrrole nitrogens is 1. The molecule has 0 spiro atoms. The molecule has 1 aliphatic rings. The lowest BCUT2D eigenvalue weighted by Crippen LogP contribution is -2.00. The maximum atomic E-state index is 11.2. The Morgan fingerprint density at radius 1 is 1.73 bits per heavy atom. The number of carbonyl (C=O) groups is 1. The van der Waals surface area contributed by atoms with Crippen molar-refractivity contribution >= 4 is 5.78 Å². The SMILES string of the molecule is O=C(CC1CC1)c1cn[nH]n1. The maximum Gasteiger partial charge on any atom is 0.184 e. The molecule has 1 aromatic rings.